The summed E-state index contributed by atoms with van der Waals surface area (Å²) >= 11 is 0. The summed E-state index contributed by atoms with van der Waals surface area (Å²) in [5.74, 6) is 1.15. The number of hydrogen-bond donors (Lipinski definition) is 3. The fourth-order valence-corrected chi connectivity index (χ4v) is 4.62. The van der Waals surface area contributed by atoms with Crippen LogP contribution in [0.5, 0.6) is 0 Å². The molecule has 2 saturated carbocycles. The molecule has 0 bridgehead atoms. The van der Waals surface area contributed by atoms with Crippen LogP contribution in [0.1, 0.15) is 66.2 Å². The Hall–Kier alpha value is -1.16. The van der Waals surface area contributed by atoms with Gasteiger partial charge in [0.1, 0.15) is 0 Å². The molecule has 0 spiro atoms. The lowest BCUT2D eigenvalue weighted by molar-refractivity contribution is 0.0862. The minimum Gasteiger partial charge on any atom is -0.393 e. The maximum Gasteiger partial charge on any atom is 0.0811 e. The van der Waals surface area contributed by atoms with Gasteiger partial charge in [-0.15, -0.1) is 0 Å². The van der Waals surface area contributed by atoms with Crippen molar-refractivity contribution in [1.29, 1.82) is 0 Å². The zero-order valence-corrected chi connectivity index (χ0v) is 18.2. The van der Waals surface area contributed by atoms with Crippen LogP contribution in [0.3, 0.4) is 0 Å². The average Bonchev–Trinajstić information content (AvgIpc) is 2.92. The van der Waals surface area contributed by atoms with Gasteiger partial charge in [-0.25, -0.2) is 0 Å². The van der Waals surface area contributed by atoms with Gasteiger partial charge in [0, 0.05) is 6.42 Å². The highest BCUT2D eigenvalue weighted by atomic mass is 16.3. The summed E-state index contributed by atoms with van der Waals surface area (Å²) in [5, 5.41) is 30.0. The number of allylic oxidation sites excluding steroid dienone is 4. The second-order valence-electron chi connectivity index (χ2n) is 9.59. The van der Waals surface area contributed by atoms with Crippen LogP contribution in [-0.2, 0) is 0 Å². The SMILES string of the molecule is C=C1/C(=C\C=C\[C@@H]2CC[C@](C)([C@@H](C)CC[C@@H](O)C(C)C)C2=C)C[C@@H](O)C[C@@H]1O. The monoisotopic (exact) mass is 388 g/mol. The number of aliphatic hydroxyl groups is 3. The van der Waals surface area contributed by atoms with E-state index in [0.29, 0.717) is 30.6 Å². The van der Waals surface area contributed by atoms with Crippen molar-refractivity contribution in [2.75, 3.05) is 0 Å². The first-order valence-electron chi connectivity index (χ1n) is 10.9. The molecule has 2 fully saturated rings. The van der Waals surface area contributed by atoms with Crippen molar-refractivity contribution in [3.05, 3.63) is 48.1 Å². The van der Waals surface area contributed by atoms with E-state index in [2.05, 4.69) is 46.9 Å². The second kappa shape index (κ2) is 9.56. The van der Waals surface area contributed by atoms with Crippen molar-refractivity contribution in [2.24, 2.45) is 23.2 Å². The van der Waals surface area contributed by atoms with Crippen LogP contribution in [0.15, 0.2) is 48.1 Å². The van der Waals surface area contributed by atoms with E-state index in [4.69, 9.17) is 0 Å². The normalized spacial score (nSPS) is 35.3. The van der Waals surface area contributed by atoms with Crippen LogP contribution in [0.25, 0.3) is 0 Å². The molecule has 0 amide bonds. The molecule has 0 aromatic carbocycles. The lowest BCUT2D eigenvalue weighted by atomic mass is 9.71. The highest BCUT2D eigenvalue weighted by molar-refractivity contribution is 5.37. The van der Waals surface area contributed by atoms with E-state index >= 15 is 0 Å². The predicted molar refractivity (Wildman–Crippen MR) is 117 cm³/mol. The number of aliphatic hydroxyl groups excluding tert-OH is 3. The van der Waals surface area contributed by atoms with E-state index in [9.17, 15) is 15.3 Å². The smallest absolute Gasteiger partial charge is 0.0811 e. The van der Waals surface area contributed by atoms with E-state index in [1.54, 1.807) is 0 Å². The minimum absolute atomic E-state index is 0.111. The van der Waals surface area contributed by atoms with Crippen LogP contribution in [0.2, 0.25) is 0 Å². The Bertz CT molecular complexity index is 630. The summed E-state index contributed by atoms with van der Waals surface area (Å²) in [6.07, 6.45) is 9.89. The van der Waals surface area contributed by atoms with Crippen LogP contribution in [-0.4, -0.2) is 33.6 Å². The Labute approximate surface area is 171 Å². The van der Waals surface area contributed by atoms with Gasteiger partial charge in [-0.2, -0.15) is 0 Å². The third-order valence-corrected chi connectivity index (χ3v) is 7.31. The Balaban J connectivity index is 1.98. The molecule has 0 aliphatic heterocycles. The highest BCUT2D eigenvalue weighted by Gasteiger charge is 2.41. The number of rotatable bonds is 7. The molecule has 2 aliphatic rings. The first kappa shape index (κ1) is 23.1. The molecule has 6 atom stereocenters. The molecule has 0 aromatic heterocycles. The van der Waals surface area contributed by atoms with Crippen molar-refractivity contribution in [1.82, 2.24) is 0 Å². The topological polar surface area (TPSA) is 60.7 Å². The molecular weight excluding hydrogens is 348 g/mol. The largest absolute Gasteiger partial charge is 0.393 e. The first-order valence-corrected chi connectivity index (χ1v) is 10.9. The van der Waals surface area contributed by atoms with E-state index in [-0.39, 0.29) is 11.5 Å². The van der Waals surface area contributed by atoms with E-state index in [1.165, 1.54) is 5.57 Å². The van der Waals surface area contributed by atoms with Crippen molar-refractivity contribution >= 4 is 0 Å². The molecule has 0 heterocycles. The third-order valence-electron chi connectivity index (χ3n) is 7.31. The Morgan fingerprint density at radius 3 is 2.50 bits per heavy atom. The lowest BCUT2D eigenvalue weighted by Gasteiger charge is -2.34. The molecule has 0 radical (unpaired) electrons. The summed E-state index contributed by atoms with van der Waals surface area (Å²) in [7, 11) is 0. The van der Waals surface area contributed by atoms with Gasteiger partial charge in [0.15, 0.2) is 0 Å². The van der Waals surface area contributed by atoms with Gasteiger partial charge in [0.05, 0.1) is 18.3 Å². The van der Waals surface area contributed by atoms with Crippen LogP contribution >= 0.6 is 0 Å². The summed E-state index contributed by atoms with van der Waals surface area (Å²) in [6, 6.07) is 0. The van der Waals surface area contributed by atoms with Gasteiger partial charge < -0.3 is 15.3 Å². The highest BCUT2D eigenvalue weighted by Crippen LogP contribution is 2.52. The molecule has 0 aromatic rings. The van der Waals surface area contributed by atoms with Crippen LogP contribution in [0, 0.1) is 23.2 Å². The third kappa shape index (κ3) is 5.25. The van der Waals surface area contributed by atoms with Gasteiger partial charge in [0.2, 0.25) is 0 Å². The fraction of sp³-hybridized carbons (Fsp3) is 0.680. The van der Waals surface area contributed by atoms with E-state index < -0.39 is 12.2 Å². The second-order valence-corrected chi connectivity index (χ2v) is 9.59. The number of hydrogen-bond acceptors (Lipinski definition) is 3. The van der Waals surface area contributed by atoms with Crippen LogP contribution < -0.4 is 0 Å². The van der Waals surface area contributed by atoms with Gasteiger partial charge in [-0.1, -0.05) is 64.7 Å². The maximum absolute atomic E-state index is 10.1. The zero-order valence-electron chi connectivity index (χ0n) is 18.2. The summed E-state index contributed by atoms with van der Waals surface area (Å²) in [4.78, 5) is 0. The van der Waals surface area contributed by atoms with E-state index in [1.807, 2.05) is 12.2 Å². The molecule has 28 heavy (non-hydrogen) atoms. The Morgan fingerprint density at radius 1 is 1.18 bits per heavy atom. The average molecular weight is 389 g/mol. The predicted octanol–water partition coefficient (Wildman–Crippen LogP) is 4.95. The van der Waals surface area contributed by atoms with Crippen LogP contribution in [0.4, 0.5) is 0 Å². The van der Waals surface area contributed by atoms with Gasteiger partial charge in [-0.05, 0) is 66.4 Å². The molecule has 0 saturated heterocycles. The zero-order chi connectivity index (χ0) is 21.1. The standard InChI is InChI=1S/C25H40O3/c1-16(2)23(27)11-10-17(3)25(6)13-12-20(19(25)5)8-7-9-21-14-22(26)15-24(28)18(21)4/h7-9,16-17,20,22-24,26-28H,4-5,10-15H2,1-3,6H3/b8-7+,21-9-/t17-,20+,22+,23+,24-,25+/m0/s1. The first-order chi connectivity index (χ1) is 13.1. The minimum atomic E-state index is -0.643. The van der Waals surface area contributed by atoms with Crippen molar-refractivity contribution in [3.8, 4) is 0 Å². The van der Waals surface area contributed by atoms with Gasteiger partial charge in [-0.3, -0.25) is 0 Å². The Morgan fingerprint density at radius 2 is 1.86 bits per heavy atom. The molecule has 2 rings (SSSR count). The summed E-state index contributed by atoms with van der Waals surface area (Å²) in [5.41, 5.74) is 3.06. The van der Waals surface area contributed by atoms with Gasteiger partial charge in [0.25, 0.3) is 0 Å². The van der Waals surface area contributed by atoms with E-state index in [0.717, 1.165) is 36.8 Å². The fourth-order valence-electron chi connectivity index (χ4n) is 4.62. The molecular formula is C25H40O3. The molecule has 0 unspecified atom stereocenters. The molecule has 3 nitrogen and oxygen atoms in total. The quantitative estimate of drug-likeness (QED) is 0.541. The molecule has 158 valence electrons. The van der Waals surface area contributed by atoms with Gasteiger partial charge >= 0.3 is 0 Å². The maximum atomic E-state index is 10.1. The molecule has 2 aliphatic carbocycles. The van der Waals surface area contributed by atoms with Crippen molar-refractivity contribution in [2.45, 2.75) is 84.5 Å². The molecule has 3 N–H and O–H groups in total. The molecule has 3 heteroatoms. The summed E-state index contributed by atoms with van der Waals surface area (Å²) in [6.45, 7) is 17.2. The Kier molecular flexibility index (Phi) is 7.89. The van der Waals surface area contributed by atoms with Crippen molar-refractivity contribution in [3.63, 3.8) is 0 Å². The van der Waals surface area contributed by atoms with Crippen molar-refractivity contribution < 1.29 is 15.3 Å². The lowest BCUT2D eigenvalue weighted by Crippen LogP contribution is -2.26. The summed E-state index contributed by atoms with van der Waals surface area (Å²) < 4.78 is 0.